The van der Waals surface area contributed by atoms with E-state index >= 15 is 0 Å². The summed E-state index contributed by atoms with van der Waals surface area (Å²) in [5.41, 5.74) is 2.41. The molecule has 2 aromatic rings. The van der Waals surface area contributed by atoms with E-state index in [1.54, 1.807) is 31.2 Å². The highest BCUT2D eigenvalue weighted by molar-refractivity contribution is 6.36. The summed E-state index contributed by atoms with van der Waals surface area (Å²) >= 11 is 24.5. The first-order valence-electron chi connectivity index (χ1n) is 8.36. The van der Waals surface area contributed by atoms with E-state index < -0.39 is 0 Å². The Balaban J connectivity index is 1.89. The van der Waals surface area contributed by atoms with Gasteiger partial charge in [0.1, 0.15) is 0 Å². The molecule has 27 heavy (non-hydrogen) atoms. The minimum atomic E-state index is -0.262. The van der Waals surface area contributed by atoms with Gasteiger partial charge in [0.25, 0.3) is 0 Å². The first-order valence-corrected chi connectivity index (χ1v) is 9.88. The molecular formula is C20H16Cl4N2O. The van der Waals surface area contributed by atoms with Gasteiger partial charge in [0.05, 0.1) is 11.8 Å². The Morgan fingerprint density at radius 1 is 1.07 bits per heavy atom. The number of rotatable bonds is 4. The lowest BCUT2D eigenvalue weighted by molar-refractivity contribution is -0.132. The molecule has 0 aromatic heterocycles. The fourth-order valence-corrected chi connectivity index (χ4v) is 3.87. The van der Waals surface area contributed by atoms with Gasteiger partial charge in [0.15, 0.2) is 0 Å². The van der Waals surface area contributed by atoms with Crippen molar-refractivity contribution in [3.05, 3.63) is 73.7 Å². The zero-order valence-corrected chi connectivity index (χ0v) is 17.4. The summed E-state index contributed by atoms with van der Waals surface area (Å²) in [5, 5.41) is 8.19. The standard InChI is InChI=1S/C20H16Cl4N2O/c1-2-20(27)26-19(16-8-6-14(22)10-18(16)24)11-15(25-26)7-4-12-3-5-13(21)9-17(12)23/h3-10,19H,2,11H2,1H3/b7-4+. The van der Waals surface area contributed by atoms with Crippen molar-refractivity contribution in [1.29, 1.82) is 0 Å². The van der Waals surface area contributed by atoms with Crippen LogP contribution < -0.4 is 0 Å². The van der Waals surface area contributed by atoms with Gasteiger partial charge in [0.2, 0.25) is 5.91 Å². The van der Waals surface area contributed by atoms with Crippen LogP contribution in [0.3, 0.4) is 0 Å². The molecule has 1 amide bonds. The third kappa shape index (κ3) is 4.67. The van der Waals surface area contributed by atoms with Crippen LogP contribution >= 0.6 is 46.4 Å². The molecule has 0 saturated carbocycles. The number of benzene rings is 2. The van der Waals surface area contributed by atoms with E-state index in [2.05, 4.69) is 5.10 Å². The normalized spacial score (nSPS) is 16.9. The SMILES string of the molecule is CCC(=O)N1N=C(/C=C/c2ccc(Cl)cc2Cl)CC1c1ccc(Cl)cc1Cl. The Morgan fingerprint density at radius 3 is 2.37 bits per heavy atom. The van der Waals surface area contributed by atoms with Crippen molar-refractivity contribution < 1.29 is 4.79 Å². The fourth-order valence-electron chi connectivity index (χ4n) is 2.86. The first-order chi connectivity index (χ1) is 12.9. The van der Waals surface area contributed by atoms with Gasteiger partial charge in [-0.15, -0.1) is 0 Å². The molecule has 1 heterocycles. The Kier molecular flexibility index (Phi) is 6.48. The maximum atomic E-state index is 12.4. The predicted molar refractivity (Wildman–Crippen MR) is 114 cm³/mol. The number of carbonyl (C=O) groups excluding carboxylic acids is 1. The first kappa shape index (κ1) is 20.2. The minimum Gasteiger partial charge on any atom is -0.273 e. The van der Waals surface area contributed by atoms with Gasteiger partial charge in [0, 0.05) is 32.9 Å². The van der Waals surface area contributed by atoms with Crippen molar-refractivity contribution in [2.75, 3.05) is 0 Å². The highest BCUT2D eigenvalue weighted by Crippen LogP contribution is 2.37. The molecular weight excluding hydrogens is 426 g/mol. The van der Waals surface area contributed by atoms with Crippen molar-refractivity contribution >= 4 is 64.1 Å². The van der Waals surface area contributed by atoms with Crippen LogP contribution in [0.1, 0.15) is 36.9 Å². The highest BCUT2D eigenvalue weighted by atomic mass is 35.5. The van der Waals surface area contributed by atoms with Crippen molar-refractivity contribution in [3.63, 3.8) is 0 Å². The van der Waals surface area contributed by atoms with Gasteiger partial charge in [-0.1, -0.05) is 71.5 Å². The molecule has 140 valence electrons. The number of hydrazone groups is 1. The van der Waals surface area contributed by atoms with Crippen LogP contribution in [0.4, 0.5) is 0 Å². The molecule has 0 saturated heterocycles. The van der Waals surface area contributed by atoms with E-state index in [1.807, 2.05) is 24.3 Å². The molecule has 0 radical (unpaired) electrons. The number of carbonyl (C=O) groups is 1. The Bertz CT molecular complexity index is 940. The van der Waals surface area contributed by atoms with E-state index in [-0.39, 0.29) is 11.9 Å². The third-order valence-corrected chi connectivity index (χ3v) is 5.36. The van der Waals surface area contributed by atoms with Crippen LogP contribution in [0.5, 0.6) is 0 Å². The molecule has 0 bridgehead atoms. The summed E-state index contributed by atoms with van der Waals surface area (Å²) in [4.78, 5) is 12.4. The number of hydrogen-bond acceptors (Lipinski definition) is 2. The Labute approximate surface area is 178 Å². The van der Waals surface area contributed by atoms with E-state index in [9.17, 15) is 4.79 Å². The second-order valence-corrected chi connectivity index (χ2v) is 7.76. The van der Waals surface area contributed by atoms with Gasteiger partial charge in [-0.05, 0) is 41.5 Å². The topological polar surface area (TPSA) is 32.7 Å². The van der Waals surface area contributed by atoms with Crippen molar-refractivity contribution in [1.82, 2.24) is 5.01 Å². The van der Waals surface area contributed by atoms with Gasteiger partial charge in [-0.3, -0.25) is 4.79 Å². The van der Waals surface area contributed by atoms with E-state index in [0.717, 1.165) is 16.8 Å². The summed E-state index contributed by atoms with van der Waals surface area (Å²) in [6, 6.07) is 10.3. The van der Waals surface area contributed by atoms with Crippen LogP contribution in [0.2, 0.25) is 20.1 Å². The van der Waals surface area contributed by atoms with E-state index in [4.69, 9.17) is 46.4 Å². The molecule has 3 nitrogen and oxygen atoms in total. The monoisotopic (exact) mass is 440 g/mol. The zero-order valence-electron chi connectivity index (χ0n) is 14.4. The predicted octanol–water partition coefficient (Wildman–Crippen LogP) is 7.05. The number of hydrogen-bond donors (Lipinski definition) is 0. The van der Waals surface area contributed by atoms with Crippen LogP contribution in [0, 0.1) is 0 Å². The maximum absolute atomic E-state index is 12.4. The third-order valence-electron chi connectivity index (χ3n) is 4.23. The van der Waals surface area contributed by atoms with E-state index in [1.165, 1.54) is 5.01 Å². The molecule has 0 N–H and O–H groups in total. The molecule has 2 aromatic carbocycles. The number of amides is 1. The Morgan fingerprint density at radius 2 is 1.74 bits per heavy atom. The second-order valence-electron chi connectivity index (χ2n) is 6.07. The van der Waals surface area contributed by atoms with Gasteiger partial charge in [-0.25, -0.2) is 5.01 Å². The highest BCUT2D eigenvalue weighted by Gasteiger charge is 2.32. The molecule has 0 aliphatic carbocycles. The molecule has 1 atom stereocenters. The molecule has 0 fully saturated rings. The molecule has 1 unspecified atom stereocenters. The lowest BCUT2D eigenvalue weighted by atomic mass is 10.0. The quantitative estimate of drug-likeness (QED) is 0.500. The molecule has 0 spiro atoms. The lowest BCUT2D eigenvalue weighted by Crippen LogP contribution is -2.26. The second kappa shape index (κ2) is 8.66. The van der Waals surface area contributed by atoms with Crippen LogP contribution in [0.25, 0.3) is 6.08 Å². The van der Waals surface area contributed by atoms with E-state index in [0.29, 0.717) is 32.9 Å². The Hall–Kier alpha value is -1.52. The largest absolute Gasteiger partial charge is 0.273 e. The summed E-state index contributed by atoms with van der Waals surface area (Å²) in [6.45, 7) is 1.81. The van der Waals surface area contributed by atoms with Crippen molar-refractivity contribution in [2.45, 2.75) is 25.8 Å². The summed E-state index contributed by atoms with van der Waals surface area (Å²) in [6.07, 6.45) is 4.62. The lowest BCUT2D eigenvalue weighted by Gasteiger charge is -2.22. The maximum Gasteiger partial charge on any atom is 0.242 e. The molecule has 7 heteroatoms. The van der Waals surface area contributed by atoms with Crippen LogP contribution in [-0.2, 0) is 4.79 Å². The smallest absolute Gasteiger partial charge is 0.242 e. The number of halogens is 4. The number of nitrogens with zero attached hydrogens (tertiary/aromatic N) is 2. The number of allylic oxidation sites excluding steroid dienone is 1. The van der Waals surface area contributed by atoms with Gasteiger partial charge in [-0.2, -0.15) is 5.10 Å². The average molecular weight is 442 g/mol. The van der Waals surface area contributed by atoms with Gasteiger partial charge >= 0.3 is 0 Å². The van der Waals surface area contributed by atoms with Crippen LogP contribution in [0.15, 0.2) is 47.6 Å². The van der Waals surface area contributed by atoms with Crippen molar-refractivity contribution in [3.8, 4) is 0 Å². The summed E-state index contributed by atoms with van der Waals surface area (Å²) in [7, 11) is 0. The zero-order chi connectivity index (χ0) is 19.6. The van der Waals surface area contributed by atoms with Gasteiger partial charge < -0.3 is 0 Å². The average Bonchev–Trinajstić information content (AvgIpc) is 3.04. The van der Waals surface area contributed by atoms with Crippen molar-refractivity contribution in [2.24, 2.45) is 5.10 Å². The summed E-state index contributed by atoms with van der Waals surface area (Å²) < 4.78 is 0. The summed E-state index contributed by atoms with van der Waals surface area (Å²) in [5.74, 6) is -0.0704. The minimum absolute atomic E-state index is 0.0704. The van der Waals surface area contributed by atoms with Crippen LogP contribution in [-0.4, -0.2) is 16.6 Å². The molecule has 1 aliphatic rings. The fraction of sp³-hybridized carbons (Fsp3) is 0.200. The molecule has 3 rings (SSSR count). The molecule has 1 aliphatic heterocycles.